The lowest BCUT2D eigenvalue weighted by atomic mass is 9.77. The molecule has 0 amide bonds. The number of esters is 1. The van der Waals surface area contributed by atoms with Crippen LogP contribution in [0.1, 0.15) is 59.8 Å². The fraction of sp³-hybridized carbons (Fsp3) is 0.938. The summed E-state index contributed by atoms with van der Waals surface area (Å²) in [4.78, 5) is 12.3. The maximum absolute atomic E-state index is 12.3. The van der Waals surface area contributed by atoms with E-state index in [1.54, 1.807) is 0 Å². The Labute approximate surface area is 117 Å². The molecule has 1 aliphatic heterocycles. The van der Waals surface area contributed by atoms with Gasteiger partial charge in [-0.2, -0.15) is 0 Å². The molecule has 0 aromatic carbocycles. The minimum atomic E-state index is -0.372. The highest BCUT2D eigenvalue weighted by molar-refractivity contribution is 5.76. The second kappa shape index (κ2) is 5.82. The van der Waals surface area contributed by atoms with Crippen LogP contribution in [0.4, 0.5) is 0 Å². The predicted molar refractivity (Wildman–Crippen MR) is 74.8 cm³/mol. The Morgan fingerprint density at radius 3 is 2.74 bits per heavy atom. The van der Waals surface area contributed by atoms with Gasteiger partial charge in [0.05, 0.1) is 24.2 Å². The first kappa shape index (κ1) is 14.8. The summed E-state index contributed by atoms with van der Waals surface area (Å²) in [6, 6.07) is 0. The van der Waals surface area contributed by atoms with E-state index in [0.29, 0.717) is 30.7 Å². The molecular formula is C16H28O3. The van der Waals surface area contributed by atoms with Crippen LogP contribution in [-0.4, -0.2) is 24.8 Å². The summed E-state index contributed by atoms with van der Waals surface area (Å²) in [5, 5.41) is 0. The molecule has 1 saturated heterocycles. The molecule has 4 atom stereocenters. The van der Waals surface area contributed by atoms with Crippen LogP contribution >= 0.6 is 0 Å². The molecule has 0 aromatic rings. The first-order valence-electron chi connectivity index (χ1n) is 7.77. The monoisotopic (exact) mass is 268 g/mol. The van der Waals surface area contributed by atoms with Crippen LogP contribution in [-0.2, 0) is 14.3 Å². The largest absolute Gasteiger partial charge is 0.465 e. The van der Waals surface area contributed by atoms with Gasteiger partial charge in [0.1, 0.15) is 0 Å². The zero-order valence-corrected chi connectivity index (χ0v) is 12.8. The van der Waals surface area contributed by atoms with Crippen molar-refractivity contribution in [3.63, 3.8) is 0 Å². The van der Waals surface area contributed by atoms with Gasteiger partial charge in [-0.05, 0) is 51.4 Å². The molecule has 2 fully saturated rings. The Kier molecular flexibility index (Phi) is 4.54. The van der Waals surface area contributed by atoms with Crippen molar-refractivity contribution in [2.75, 3.05) is 6.61 Å². The minimum absolute atomic E-state index is 0.0349. The second-order valence-electron chi connectivity index (χ2n) is 6.90. The van der Waals surface area contributed by atoms with E-state index in [1.807, 2.05) is 13.8 Å². The summed E-state index contributed by atoms with van der Waals surface area (Å²) in [7, 11) is 0. The average molecular weight is 268 g/mol. The van der Waals surface area contributed by atoms with Gasteiger partial charge < -0.3 is 9.47 Å². The number of carbonyl (C=O) groups is 1. The highest BCUT2D eigenvalue weighted by Gasteiger charge is 2.44. The molecule has 2 rings (SSSR count). The smallest absolute Gasteiger partial charge is 0.311 e. The second-order valence-corrected chi connectivity index (χ2v) is 6.90. The lowest BCUT2D eigenvalue weighted by Crippen LogP contribution is -2.34. The summed E-state index contributed by atoms with van der Waals surface area (Å²) < 4.78 is 11.1. The zero-order valence-electron chi connectivity index (χ0n) is 12.8. The van der Waals surface area contributed by atoms with E-state index in [0.717, 1.165) is 32.1 Å². The third-order valence-corrected chi connectivity index (χ3v) is 5.04. The fourth-order valence-corrected chi connectivity index (χ4v) is 3.01. The van der Waals surface area contributed by atoms with E-state index in [-0.39, 0.29) is 11.4 Å². The number of hydrogen-bond donors (Lipinski definition) is 0. The molecule has 2 aliphatic rings. The molecule has 0 N–H and O–H groups in total. The van der Waals surface area contributed by atoms with Crippen LogP contribution in [0, 0.1) is 17.3 Å². The molecule has 110 valence electrons. The van der Waals surface area contributed by atoms with Gasteiger partial charge in [0, 0.05) is 0 Å². The SMILES string of the molecule is CCCC(C)C(C)(C)C(=O)OCC1CCC2OC2C1. The van der Waals surface area contributed by atoms with Gasteiger partial charge in [0.25, 0.3) is 0 Å². The van der Waals surface area contributed by atoms with Gasteiger partial charge in [-0.3, -0.25) is 4.79 Å². The maximum atomic E-state index is 12.3. The minimum Gasteiger partial charge on any atom is -0.465 e. The van der Waals surface area contributed by atoms with E-state index >= 15 is 0 Å². The van der Waals surface area contributed by atoms with Gasteiger partial charge in [-0.25, -0.2) is 0 Å². The van der Waals surface area contributed by atoms with Crippen LogP contribution in [0.25, 0.3) is 0 Å². The normalized spacial score (nSPS) is 31.5. The van der Waals surface area contributed by atoms with Crippen molar-refractivity contribution in [1.82, 2.24) is 0 Å². The predicted octanol–water partition coefficient (Wildman–Crippen LogP) is 3.56. The van der Waals surface area contributed by atoms with E-state index < -0.39 is 0 Å². The summed E-state index contributed by atoms with van der Waals surface area (Å²) >= 11 is 0. The molecule has 1 aliphatic carbocycles. The first-order valence-corrected chi connectivity index (χ1v) is 7.77. The first-order chi connectivity index (χ1) is 8.95. The van der Waals surface area contributed by atoms with E-state index in [1.165, 1.54) is 0 Å². The van der Waals surface area contributed by atoms with Crippen molar-refractivity contribution < 1.29 is 14.3 Å². The Hall–Kier alpha value is -0.570. The number of fused-ring (bicyclic) bond motifs is 1. The van der Waals surface area contributed by atoms with Crippen LogP contribution in [0.15, 0.2) is 0 Å². The van der Waals surface area contributed by atoms with E-state index in [2.05, 4.69) is 13.8 Å². The quantitative estimate of drug-likeness (QED) is 0.546. The number of epoxide rings is 1. The molecule has 3 nitrogen and oxygen atoms in total. The third kappa shape index (κ3) is 3.50. The average Bonchev–Trinajstić information content (AvgIpc) is 3.14. The molecular weight excluding hydrogens is 240 g/mol. The Morgan fingerprint density at radius 2 is 2.11 bits per heavy atom. The van der Waals surface area contributed by atoms with E-state index in [9.17, 15) is 4.79 Å². The summed E-state index contributed by atoms with van der Waals surface area (Å²) in [5.74, 6) is 0.838. The zero-order chi connectivity index (χ0) is 14.0. The lowest BCUT2D eigenvalue weighted by Gasteiger charge is -2.30. The number of hydrogen-bond acceptors (Lipinski definition) is 3. The molecule has 0 bridgehead atoms. The number of ether oxygens (including phenoxy) is 2. The fourth-order valence-electron chi connectivity index (χ4n) is 3.01. The molecule has 3 heteroatoms. The van der Waals surface area contributed by atoms with Crippen LogP contribution in [0.2, 0.25) is 0 Å². The highest BCUT2D eigenvalue weighted by Crippen LogP contribution is 2.40. The van der Waals surface area contributed by atoms with Crippen LogP contribution < -0.4 is 0 Å². The van der Waals surface area contributed by atoms with Gasteiger partial charge >= 0.3 is 5.97 Å². The molecule has 1 heterocycles. The van der Waals surface area contributed by atoms with Crippen molar-refractivity contribution in [2.24, 2.45) is 17.3 Å². The Morgan fingerprint density at radius 1 is 1.37 bits per heavy atom. The Balaban J connectivity index is 1.76. The van der Waals surface area contributed by atoms with Crippen molar-refractivity contribution in [2.45, 2.75) is 72.0 Å². The van der Waals surface area contributed by atoms with Gasteiger partial charge in [-0.15, -0.1) is 0 Å². The summed E-state index contributed by atoms with van der Waals surface area (Å²) in [5.41, 5.74) is -0.372. The van der Waals surface area contributed by atoms with E-state index in [4.69, 9.17) is 9.47 Å². The molecule has 0 spiro atoms. The maximum Gasteiger partial charge on any atom is 0.311 e. The van der Waals surface area contributed by atoms with Gasteiger partial charge in [0.15, 0.2) is 0 Å². The molecule has 0 radical (unpaired) electrons. The summed E-state index contributed by atoms with van der Waals surface area (Å²) in [6.07, 6.45) is 6.52. The van der Waals surface area contributed by atoms with Crippen LogP contribution in [0.3, 0.4) is 0 Å². The van der Waals surface area contributed by atoms with Crippen LogP contribution in [0.5, 0.6) is 0 Å². The number of rotatable bonds is 6. The summed E-state index contributed by atoms with van der Waals surface area (Å²) in [6.45, 7) is 8.90. The lowest BCUT2D eigenvalue weighted by molar-refractivity contribution is -0.158. The topological polar surface area (TPSA) is 38.8 Å². The molecule has 19 heavy (non-hydrogen) atoms. The van der Waals surface area contributed by atoms with Crippen molar-refractivity contribution >= 4 is 5.97 Å². The highest BCUT2D eigenvalue weighted by atomic mass is 16.6. The number of carbonyl (C=O) groups excluding carboxylic acids is 1. The molecule has 0 aromatic heterocycles. The van der Waals surface area contributed by atoms with Crippen molar-refractivity contribution in [1.29, 1.82) is 0 Å². The standard InChI is InChI=1S/C16H28O3/c1-5-6-11(2)16(3,4)15(17)18-10-12-7-8-13-14(9-12)19-13/h11-14H,5-10H2,1-4H3. The van der Waals surface area contributed by atoms with Gasteiger partial charge in [0.2, 0.25) is 0 Å². The molecule has 1 saturated carbocycles. The third-order valence-electron chi connectivity index (χ3n) is 5.04. The molecule has 4 unspecified atom stereocenters. The van der Waals surface area contributed by atoms with Gasteiger partial charge in [-0.1, -0.05) is 20.3 Å². The van der Waals surface area contributed by atoms with Crippen molar-refractivity contribution in [3.05, 3.63) is 0 Å². The Bertz CT molecular complexity index is 324. The van der Waals surface area contributed by atoms with Crippen molar-refractivity contribution in [3.8, 4) is 0 Å².